The summed E-state index contributed by atoms with van der Waals surface area (Å²) >= 11 is 6.49. The summed E-state index contributed by atoms with van der Waals surface area (Å²) in [6.07, 6.45) is -5.62. The molecule has 0 heterocycles. The van der Waals surface area contributed by atoms with Gasteiger partial charge in [0.05, 0.1) is 11.4 Å². The Morgan fingerprint density at radius 1 is 0.476 bits per heavy atom. The lowest BCUT2D eigenvalue weighted by atomic mass is 9.76. The normalized spacial score (nSPS) is 13.6. The van der Waals surface area contributed by atoms with E-state index in [1.54, 1.807) is 166 Å². The number of rotatable bonds is 28. The summed E-state index contributed by atoms with van der Waals surface area (Å²) in [7, 11) is 0. The number of ether oxygens (including phenoxy) is 3. The lowest BCUT2D eigenvalue weighted by molar-refractivity contribution is -0.166. The van der Waals surface area contributed by atoms with Crippen LogP contribution in [0.2, 0.25) is 5.02 Å². The first-order valence-electron chi connectivity index (χ1n) is 34.3. The standard InChI is InChI=1S/C83H82ClN7O14/c1-51(2)47-66(87-80(102)105-81(4,5)6)74(95)85-52(3)73(94)88-70(53-45-46-68(92)65(84)48-53)78(100)104-72(76(97)91-83(57-35-19-10-20-36-57,58-37-21-11-22-38-58)59-39-23-12-24-40-59)71(77(98)99)89-75(96)67(86-79(101)103-50-64-62-43-27-25-41-60(62)61-42-26-28-44-63(61)64)49-69(93)90-82(54-29-13-7-14-30-54,55-31-15-8-16-32-55)56-33-17-9-18-34-56/h7-46,48,51-52,64,66-67,70-72,92H,47,49-50H2,1-6H3,(H,85,95)(H,86,101)(H,87,102)(H,88,94)(H,89,96)(H,90,93)(H,91,97)(H,98,99)/t52-,66+,67+,70+,71+,72+/m1/s1. The maximum absolute atomic E-state index is 16.2. The second-order valence-corrected chi connectivity index (χ2v) is 27.3. The minimum atomic E-state index is -2.68. The second kappa shape index (κ2) is 33.8. The number of aliphatic carboxylic acids is 1. The van der Waals surface area contributed by atoms with Gasteiger partial charge in [0.25, 0.3) is 5.91 Å². The number of alkyl carbamates (subject to hydrolysis) is 2. The molecule has 1 aliphatic carbocycles. The molecule has 22 heteroatoms. The van der Waals surface area contributed by atoms with Crippen LogP contribution in [0.1, 0.15) is 116 Å². The third kappa shape index (κ3) is 18.0. The van der Waals surface area contributed by atoms with E-state index >= 15 is 19.2 Å². The summed E-state index contributed by atoms with van der Waals surface area (Å²) in [6.45, 7) is 9.55. The molecule has 9 aromatic rings. The number of phenols is 1. The fraction of sp³-hybridized carbons (Fsp3) is 0.241. The van der Waals surface area contributed by atoms with Gasteiger partial charge in [-0.1, -0.05) is 262 Å². The Labute approximate surface area is 613 Å². The maximum Gasteiger partial charge on any atom is 0.408 e. The third-order valence-electron chi connectivity index (χ3n) is 17.9. The van der Waals surface area contributed by atoms with Crippen molar-refractivity contribution < 1.29 is 67.6 Å². The number of benzene rings is 9. The molecule has 0 radical (unpaired) electrons. The number of aromatic hydroxyl groups is 1. The number of amides is 7. The number of hydrogen-bond donors (Lipinski definition) is 9. The minimum Gasteiger partial charge on any atom is -0.506 e. The summed E-state index contributed by atoms with van der Waals surface area (Å²) in [6, 6.07) is 61.9. The number of hydrogen-bond acceptors (Lipinski definition) is 13. The molecule has 0 bridgehead atoms. The van der Waals surface area contributed by atoms with Crippen molar-refractivity contribution in [3.05, 3.63) is 304 Å². The summed E-state index contributed by atoms with van der Waals surface area (Å²) in [5.74, 6) is -10.1. The molecular formula is C83H82ClN7O14. The largest absolute Gasteiger partial charge is 0.506 e. The number of nitrogens with one attached hydrogen (secondary N) is 7. The zero-order chi connectivity index (χ0) is 75.0. The molecule has 1 aliphatic rings. The van der Waals surface area contributed by atoms with E-state index in [1.807, 2.05) is 98.8 Å². The second-order valence-electron chi connectivity index (χ2n) is 26.9. The van der Waals surface area contributed by atoms with Crippen LogP contribution in [0.3, 0.4) is 0 Å². The molecule has 0 fully saturated rings. The molecule has 21 nitrogen and oxygen atoms in total. The first kappa shape index (κ1) is 75.6. The van der Waals surface area contributed by atoms with Gasteiger partial charge < -0.3 is 61.6 Å². The van der Waals surface area contributed by atoms with E-state index in [-0.39, 0.29) is 29.5 Å². The van der Waals surface area contributed by atoms with Crippen LogP contribution in [0.5, 0.6) is 5.75 Å². The van der Waals surface area contributed by atoms with Gasteiger partial charge in [-0.15, -0.1) is 0 Å². The predicted molar refractivity (Wildman–Crippen MR) is 395 cm³/mol. The maximum atomic E-state index is 16.2. The van der Waals surface area contributed by atoms with Gasteiger partial charge in [-0.2, -0.15) is 0 Å². The van der Waals surface area contributed by atoms with Crippen molar-refractivity contribution in [2.45, 2.75) is 113 Å². The lowest BCUT2D eigenvalue weighted by Crippen LogP contribution is -2.62. The van der Waals surface area contributed by atoms with E-state index in [1.165, 1.54) is 13.0 Å². The van der Waals surface area contributed by atoms with Crippen molar-refractivity contribution >= 4 is 65.3 Å². The van der Waals surface area contributed by atoms with Crippen molar-refractivity contribution in [3.63, 3.8) is 0 Å². The number of carboxylic acids is 1. The van der Waals surface area contributed by atoms with Crippen molar-refractivity contribution in [1.82, 2.24) is 37.2 Å². The van der Waals surface area contributed by atoms with Crippen LogP contribution in [0.4, 0.5) is 9.59 Å². The van der Waals surface area contributed by atoms with Gasteiger partial charge >= 0.3 is 24.1 Å². The Morgan fingerprint density at radius 2 is 0.895 bits per heavy atom. The highest BCUT2D eigenvalue weighted by Gasteiger charge is 2.48. The average Bonchev–Trinajstić information content (AvgIpc) is 1.75. The molecule has 0 unspecified atom stereocenters. The van der Waals surface area contributed by atoms with E-state index < -0.39 is 125 Å². The van der Waals surface area contributed by atoms with Gasteiger partial charge in [0, 0.05) is 5.92 Å². The highest BCUT2D eigenvalue weighted by molar-refractivity contribution is 6.32. The van der Waals surface area contributed by atoms with E-state index in [0.717, 1.165) is 34.4 Å². The highest BCUT2D eigenvalue weighted by Crippen LogP contribution is 2.45. The molecular weight excluding hydrogens is 1350 g/mol. The molecule has 540 valence electrons. The summed E-state index contributed by atoms with van der Waals surface area (Å²) in [5, 5.41) is 40.8. The van der Waals surface area contributed by atoms with Gasteiger partial charge in [0.2, 0.25) is 29.7 Å². The SMILES string of the molecule is CC(C)C[C@H](NC(=O)OC(C)(C)C)C(=O)N[C@H](C)C(=O)N[C@H](C(=O)O[C@H](C(=O)NC(c1ccccc1)(c1ccccc1)c1ccccc1)[C@H](NC(=O)[C@H](CC(=O)NC(c1ccccc1)(c1ccccc1)c1ccccc1)NC(=O)OCC1c2ccccc2-c2ccccc21)C(=O)O)c1ccc(O)c(Cl)c1. The smallest absolute Gasteiger partial charge is 0.408 e. The number of esters is 1. The van der Waals surface area contributed by atoms with Gasteiger partial charge in [0.15, 0.2) is 12.1 Å². The van der Waals surface area contributed by atoms with Crippen LogP contribution in [0.25, 0.3) is 11.1 Å². The Balaban J connectivity index is 1.06. The molecule has 7 amide bonds. The fourth-order valence-corrected chi connectivity index (χ4v) is 13.2. The molecule has 6 atom stereocenters. The van der Waals surface area contributed by atoms with E-state index in [0.29, 0.717) is 33.4 Å². The molecule has 0 saturated heterocycles. The molecule has 0 saturated carbocycles. The Bertz CT molecular complexity index is 4330. The quantitative estimate of drug-likeness (QED) is 0.0125. The Hall–Kier alpha value is -12.1. The summed E-state index contributed by atoms with van der Waals surface area (Å²) < 4.78 is 17.6. The van der Waals surface area contributed by atoms with Crippen LogP contribution in [-0.2, 0) is 58.9 Å². The molecule has 9 N–H and O–H groups in total. The number of fused-ring (bicyclic) bond motifs is 3. The van der Waals surface area contributed by atoms with Crippen LogP contribution in [-0.4, -0.2) is 106 Å². The molecule has 9 aromatic carbocycles. The van der Waals surface area contributed by atoms with Crippen LogP contribution >= 0.6 is 11.6 Å². The zero-order valence-corrected chi connectivity index (χ0v) is 59.3. The lowest BCUT2D eigenvalue weighted by Gasteiger charge is -2.38. The Kier molecular flexibility index (Phi) is 24.3. The first-order chi connectivity index (χ1) is 50.4. The van der Waals surface area contributed by atoms with Gasteiger partial charge in [-0.25, -0.2) is 19.2 Å². The van der Waals surface area contributed by atoms with Crippen LogP contribution < -0.4 is 37.2 Å². The summed E-state index contributed by atoms with van der Waals surface area (Å²) in [5.41, 5.74) is 2.19. The number of carboxylic acid groups (broad SMARTS) is 1. The molecule has 105 heavy (non-hydrogen) atoms. The average molecular weight is 1440 g/mol. The fourth-order valence-electron chi connectivity index (χ4n) is 13.0. The van der Waals surface area contributed by atoms with E-state index in [4.69, 9.17) is 25.8 Å². The number of halogens is 1. The molecule has 10 rings (SSSR count). The monoisotopic (exact) mass is 1440 g/mol. The van der Waals surface area contributed by atoms with Crippen molar-refractivity contribution in [2.24, 2.45) is 5.92 Å². The number of carbonyl (C=O) groups excluding carboxylic acids is 8. The van der Waals surface area contributed by atoms with E-state index in [2.05, 4.69) is 37.2 Å². The van der Waals surface area contributed by atoms with Crippen LogP contribution in [0.15, 0.2) is 249 Å². The van der Waals surface area contributed by atoms with Gasteiger partial charge in [-0.3, -0.25) is 24.0 Å². The summed E-state index contributed by atoms with van der Waals surface area (Å²) in [4.78, 5) is 134. The molecule has 0 aliphatic heterocycles. The number of phenolic OH excluding ortho intramolecular Hbond substituents is 1. The van der Waals surface area contributed by atoms with Gasteiger partial charge in [-0.05, 0) is 113 Å². The minimum absolute atomic E-state index is 0.0993. The Morgan fingerprint density at radius 3 is 1.32 bits per heavy atom. The third-order valence-corrected chi connectivity index (χ3v) is 18.2. The highest BCUT2D eigenvalue weighted by atomic mass is 35.5. The van der Waals surface area contributed by atoms with Gasteiger partial charge in [0.1, 0.15) is 47.2 Å². The topological polar surface area (TPSA) is 306 Å². The number of carbonyl (C=O) groups is 9. The first-order valence-corrected chi connectivity index (χ1v) is 34.6. The zero-order valence-electron chi connectivity index (χ0n) is 58.6. The predicted octanol–water partition coefficient (Wildman–Crippen LogP) is 11.6. The molecule has 0 aromatic heterocycles. The van der Waals surface area contributed by atoms with Crippen LogP contribution in [0, 0.1) is 5.92 Å². The van der Waals surface area contributed by atoms with Crippen molar-refractivity contribution in [1.29, 1.82) is 0 Å². The van der Waals surface area contributed by atoms with Crippen molar-refractivity contribution in [3.8, 4) is 16.9 Å². The van der Waals surface area contributed by atoms with E-state index in [9.17, 15) is 34.2 Å². The molecule has 0 spiro atoms. The van der Waals surface area contributed by atoms with Crippen molar-refractivity contribution in [2.75, 3.05) is 6.61 Å².